The van der Waals surface area contributed by atoms with E-state index in [1.54, 1.807) is 0 Å². The molecule has 0 spiro atoms. The summed E-state index contributed by atoms with van der Waals surface area (Å²) in [7, 11) is 0. The molecule has 0 aromatic heterocycles. The molecule has 10 heavy (non-hydrogen) atoms. The van der Waals surface area contributed by atoms with Gasteiger partial charge in [-0.25, -0.2) is 0 Å². The molecule has 1 N–H and O–H groups in total. The van der Waals surface area contributed by atoms with Gasteiger partial charge in [0, 0.05) is 12.1 Å². The van der Waals surface area contributed by atoms with Gasteiger partial charge >= 0.3 is 0 Å². The van der Waals surface area contributed by atoms with Crippen LogP contribution in [0.4, 0.5) is 0 Å². The van der Waals surface area contributed by atoms with Crippen LogP contribution in [0.5, 0.6) is 0 Å². The fraction of sp³-hybridized carbons (Fsp3) is 1.00. The van der Waals surface area contributed by atoms with E-state index in [0.717, 1.165) is 11.8 Å². The second-order valence-corrected chi connectivity index (χ2v) is 4.09. The van der Waals surface area contributed by atoms with E-state index in [1.807, 2.05) is 0 Å². The number of hydrogen-bond acceptors (Lipinski definition) is 1. The SMILES string of the molecule is CCC(C)C1CNC1(C)C. The van der Waals surface area contributed by atoms with Crippen LogP contribution in [0, 0.1) is 11.8 Å². The Kier molecular flexibility index (Phi) is 2.04. The van der Waals surface area contributed by atoms with Gasteiger partial charge in [-0.3, -0.25) is 0 Å². The molecular formula is C9H19N. The van der Waals surface area contributed by atoms with Gasteiger partial charge in [0.15, 0.2) is 0 Å². The van der Waals surface area contributed by atoms with Crippen LogP contribution in [0.25, 0.3) is 0 Å². The maximum absolute atomic E-state index is 3.45. The molecule has 1 heteroatoms. The van der Waals surface area contributed by atoms with Crippen LogP contribution in [0.3, 0.4) is 0 Å². The van der Waals surface area contributed by atoms with Crippen molar-refractivity contribution in [2.24, 2.45) is 11.8 Å². The molecule has 1 heterocycles. The van der Waals surface area contributed by atoms with Gasteiger partial charge in [-0.2, -0.15) is 0 Å². The van der Waals surface area contributed by atoms with Crippen LogP contribution >= 0.6 is 0 Å². The maximum Gasteiger partial charge on any atom is 0.0168 e. The molecule has 0 radical (unpaired) electrons. The zero-order valence-electron chi connectivity index (χ0n) is 7.57. The summed E-state index contributed by atoms with van der Waals surface area (Å²) in [5.41, 5.74) is 0.412. The lowest BCUT2D eigenvalue weighted by molar-refractivity contribution is 0.0846. The summed E-state index contributed by atoms with van der Waals surface area (Å²) in [6.07, 6.45) is 1.32. The molecule has 0 aromatic carbocycles. The van der Waals surface area contributed by atoms with Crippen LogP contribution in [0.15, 0.2) is 0 Å². The quantitative estimate of drug-likeness (QED) is 0.620. The highest BCUT2D eigenvalue weighted by Gasteiger charge is 2.40. The van der Waals surface area contributed by atoms with Crippen LogP contribution in [0.1, 0.15) is 34.1 Å². The molecule has 1 aliphatic rings. The number of nitrogens with one attached hydrogen (secondary N) is 1. The molecular weight excluding hydrogens is 122 g/mol. The Hall–Kier alpha value is -0.0400. The highest BCUT2D eigenvalue weighted by molar-refractivity contribution is 4.98. The molecule has 0 aromatic rings. The highest BCUT2D eigenvalue weighted by Crippen LogP contribution is 2.32. The Morgan fingerprint density at radius 1 is 1.60 bits per heavy atom. The van der Waals surface area contributed by atoms with Crippen molar-refractivity contribution in [3.05, 3.63) is 0 Å². The van der Waals surface area contributed by atoms with E-state index in [1.165, 1.54) is 13.0 Å². The van der Waals surface area contributed by atoms with Crippen LogP contribution < -0.4 is 5.32 Å². The molecule has 2 unspecified atom stereocenters. The van der Waals surface area contributed by atoms with E-state index >= 15 is 0 Å². The van der Waals surface area contributed by atoms with Crippen molar-refractivity contribution in [1.82, 2.24) is 5.32 Å². The first kappa shape index (κ1) is 8.06. The van der Waals surface area contributed by atoms with E-state index in [0.29, 0.717) is 5.54 Å². The van der Waals surface area contributed by atoms with Crippen molar-refractivity contribution in [2.75, 3.05) is 6.54 Å². The summed E-state index contributed by atoms with van der Waals surface area (Å²) < 4.78 is 0. The molecule has 1 rings (SSSR count). The average molecular weight is 141 g/mol. The summed E-state index contributed by atoms with van der Waals surface area (Å²) in [6, 6.07) is 0. The lowest BCUT2D eigenvalue weighted by Crippen LogP contribution is -2.63. The molecule has 0 amide bonds. The van der Waals surface area contributed by atoms with Gasteiger partial charge in [0.25, 0.3) is 0 Å². The third-order valence-electron chi connectivity index (χ3n) is 3.04. The molecule has 1 aliphatic heterocycles. The zero-order valence-corrected chi connectivity index (χ0v) is 7.57. The third-order valence-corrected chi connectivity index (χ3v) is 3.04. The first-order valence-electron chi connectivity index (χ1n) is 4.33. The minimum absolute atomic E-state index is 0.412. The summed E-state index contributed by atoms with van der Waals surface area (Å²) in [4.78, 5) is 0. The van der Waals surface area contributed by atoms with Gasteiger partial charge in [0.05, 0.1) is 0 Å². The van der Waals surface area contributed by atoms with Crippen molar-refractivity contribution < 1.29 is 0 Å². The molecule has 1 saturated heterocycles. The van der Waals surface area contributed by atoms with Crippen molar-refractivity contribution in [1.29, 1.82) is 0 Å². The first-order valence-corrected chi connectivity index (χ1v) is 4.33. The molecule has 2 atom stereocenters. The number of hydrogen-bond donors (Lipinski definition) is 1. The predicted octanol–water partition coefficient (Wildman–Crippen LogP) is 2.03. The highest BCUT2D eigenvalue weighted by atomic mass is 15.1. The van der Waals surface area contributed by atoms with Crippen LogP contribution in [-0.2, 0) is 0 Å². The molecule has 1 nitrogen and oxygen atoms in total. The Balaban J connectivity index is 2.43. The van der Waals surface area contributed by atoms with Gasteiger partial charge in [0.2, 0.25) is 0 Å². The smallest absolute Gasteiger partial charge is 0.0168 e. The van der Waals surface area contributed by atoms with Crippen LogP contribution in [0.2, 0.25) is 0 Å². The summed E-state index contributed by atoms with van der Waals surface area (Å²) in [6.45, 7) is 10.5. The van der Waals surface area contributed by atoms with E-state index < -0.39 is 0 Å². The van der Waals surface area contributed by atoms with Crippen molar-refractivity contribution in [3.63, 3.8) is 0 Å². The summed E-state index contributed by atoms with van der Waals surface area (Å²) in [5.74, 6) is 1.79. The Bertz CT molecular complexity index is 118. The van der Waals surface area contributed by atoms with Gasteiger partial charge in [-0.1, -0.05) is 20.3 Å². The molecule has 0 saturated carbocycles. The summed E-state index contributed by atoms with van der Waals surface area (Å²) in [5, 5.41) is 3.45. The van der Waals surface area contributed by atoms with Crippen molar-refractivity contribution >= 4 is 0 Å². The normalized spacial score (nSPS) is 33.0. The maximum atomic E-state index is 3.45. The van der Waals surface area contributed by atoms with Gasteiger partial charge in [-0.15, -0.1) is 0 Å². The van der Waals surface area contributed by atoms with E-state index in [9.17, 15) is 0 Å². The molecule has 60 valence electrons. The topological polar surface area (TPSA) is 12.0 Å². The fourth-order valence-corrected chi connectivity index (χ4v) is 1.83. The fourth-order valence-electron chi connectivity index (χ4n) is 1.83. The Morgan fingerprint density at radius 2 is 2.20 bits per heavy atom. The Labute approximate surface area is 64.2 Å². The van der Waals surface area contributed by atoms with Crippen molar-refractivity contribution in [2.45, 2.75) is 39.7 Å². The van der Waals surface area contributed by atoms with E-state index in [4.69, 9.17) is 0 Å². The third kappa shape index (κ3) is 1.20. The molecule has 0 bridgehead atoms. The standard InChI is InChI=1S/C9H19N/c1-5-7(2)8-6-10-9(8,3)4/h7-8,10H,5-6H2,1-4H3. The lowest BCUT2D eigenvalue weighted by atomic mass is 9.71. The summed E-state index contributed by atoms with van der Waals surface area (Å²) >= 11 is 0. The van der Waals surface area contributed by atoms with Crippen LogP contribution in [-0.4, -0.2) is 12.1 Å². The second kappa shape index (κ2) is 2.54. The minimum Gasteiger partial charge on any atom is -0.311 e. The van der Waals surface area contributed by atoms with Gasteiger partial charge in [0.1, 0.15) is 0 Å². The second-order valence-electron chi connectivity index (χ2n) is 4.09. The van der Waals surface area contributed by atoms with Gasteiger partial charge in [-0.05, 0) is 25.7 Å². The zero-order chi connectivity index (χ0) is 7.78. The molecule has 1 fully saturated rings. The largest absolute Gasteiger partial charge is 0.311 e. The lowest BCUT2D eigenvalue weighted by Gasteiger charge is -2.49. The van der Waals surface area contributed by atoms with E-state index in [2.05, 4.69) is 33.0 Å². The average Bonchev–Trinajstić information content (AvgIpc) is 1.86. The number of rotatable bonds is 2. The van der Waals surface area contributed by atoms with E-state index in [-0.39, 0.29) is 0 Å². The predicted molar refractivity (Wildman–Crippen MR) is 45.0 cm³/mol. The minimum atomic E-state index is 0.412. The molecule has 0 aliphatic carbocycles. The first-order chi connectivity index (χ1) is 4.58. The Morgan fingerprint density at radius 3 is 2.30 bits per heavy atom. The monoisotopic (exact) mass is 141 g/mol. The van der Waals surface area contributed by atoms with Crippen molar-refractivity contribution in [3.8, 4) is 0 Å². The van der Waals surface area contributed by atoms with Gasteiger partial charge < -0.3 is 5.32 Å².